The summed E-state index contributed by atoms with van der Waals surface area (Å²) >= 11 is 12.4. The van der Waals surface area contributed by atoms with E-state index in [1.807, 2.05) is 18.2 Å². The lowest BCUT2D eigenvalue weighted by Crippen LogP contribution is -2.15. The molecule has 0 spiro atoms. The number of nitrogens with zero attached hydrogens (tertiary/aromatic N) is 2. The zero-order chi connectivity index (χ0) is 14.2. The lowest BCUT2D eigenvalue weighted by molar-refractivity contribution is 0.167. The van der Waals surface area contributed by atoms with Crippen LogP contribution in [0.4, 0.5) is 0 Å². The fourth-order valence-electron chi connectivity index (χ4n) is 2.78. The molecule has 1 fully saturated rings. The highest BCUT2D eigenvalue weighted by Gasteiger charge is 2.43. The Morgan fingerprint density at radius 3 is 2.85 bits per heavy atom. The SMILES string of the molecule is COCCC1(Cn2c(CCl)nc3cccc(Cl)c32)CC1. The molecule has 0 aliphatic heterocycles. The Bertz CT molecular complexity index is 620. The average Bonchev–Trinajstić information content (AvgIpc) is 3.12. The summed E-state index contributed by atoms with van der Waals surface area (Å²) in [5.41, 5.74) is 2.27. The van der Waals surface area contributed by atoms with Gasteiger partial charge in [-0.05, 0) is 36.8 Å². The molecule has 0 saturated heterocycles. The standard InChI is InChI=1S/C15H18Cl2N2O/c1-20-8-7-15(5-6-15)10-19-13(9-16)18-12-4-2-3-11(17)14(12)19/h2-4H,5-10H2,1H3. The van der Waals surface area contributed by atoms with Gasteiger partial charge in [0.1, 0.15) is 5.82 Å². The van der Waals surface area contributed by atoms with E-state index in [0.29, 0.717) is 11.3 Å². The van der Waals surface area contributed by atoms with Crippen molar-refractivity contribution in [3.8, 4) is 0 Å². The highest BCUT2D eigenvalue weighted by atomic mass is 35.5. The van der Waals surface area contributed by atoms with Crippen molar-refractivity contribution in [3.63, 3.8) is 0 Å². The molecule has 1 heterocycles. The molecule has 3 rings (SSSR count). The first-order valence-corrected chi connectivity index (χ1v) is 7.79. The quantitative estimate of drug-likeness (QED) is 0.746. The first-order valence-electron chi connectivity index (χ1n) is 6.88. The van der Waals surface area contributed by atoms with Crippen molar-refractivity contribution in [1.82, 2.24) is 9.55 Å². The molecule has 108 valence electrons. The van der Waals surface area contributed by atoms with E-state index in [1.54, 1.807) is 7.11 Å². The summed E-state index contributed by atoms with van der Waals surface area (Å²) in [5, 5.41) is 0.744. The van der Waals surface area contributed by atoms with Gasteiger partial charge in [-0.3, -0.25) is 0 Å². The lowest BCUT2D eigenvalue weighted by Gasteiger charge is -2.18. The number of hydrogen-bond acceptors (Lipinski definition) is 2. The normalized spacial score (nSPS) is 16.8. The van der Waals surface area contributed by atoms with Crippen molar-refractivity contribution >= 4 is 34.2 Å². The number of para-hydroxylation sites is 1. The van der Waals surface area contributed by atoms with Crippen LogP contribution >= 0.6 is 23.2 Å². The monoisotopic (exact) mass is 312 g/mol. The molecule has 1 aromatic carbocycles. The third kappa shape index (κ3) is 2.54. The summed E-state index contributed by atoms with van der Waals surface area (Å²) < 4.78 is 7.43. The minimum Gasteiger partial charge on any atom is -0.385 e. The van der Waals surface area contributed by atoms with Crippen LogP contribution in [0.3, 0.4) is 0 Å². The van der Waals surface area contributed by atoms with Crippen LogP contribution in [0.1, 0.15) is 25.1 Å². The topological polar surface area (TPSA) is 27.1 Å². The van der Waals surface area contributed by atoms with Gasteiger partial charge in [-0.1, -0.05) is 17.7 Å². The van der Waals surface area contributed by atoms with Gasteiger partial charge in [0.05, 0.1) is 21.9 Å². The average molecular weight is 313 g/mol. The molecule has 2 aromatic rings. The number of rotatable bonds is 6. The van der Waals surface area contributed by atoms with Gasteiger partial charge >= 0.3 is 0 Å². The number of imidazole rings is 1. The molecule has 0 bridgehead atoms. The van der Waals surface area contributed by atoms with E-state index in [4.69, 9.17) is 27.9 Å². The third-order valence-corrected chi connectivity index (χ3v) is 4.75. The number of alkyl halides is 1. The van der Waals surface area contributed by atoms with Crippen molar-refractivity contribution in [2.24, 2.45) is 5.41 Å². The Balaban J connectivity index is 1.98. The van der Waals surface area contributed by atoms with Crippen molar-refractivity contribution in [3.05, 3.63) is 29.0 Å². The van der Waals surface area contributed by atoms with Crippen LogP contribution in [-0.4, -0.2) is 23.3 Å². The second-order valence-corrected chi connectivity index (χ2v) is 6.27. The summed E-state index contributed by atoms with van der Waals surface area (Å²) in [6, 6.07) is 5.83. The molecule has 20 heavy (non-hydrogen) atoms. The second kappa shape index (κ2) is 5.55. The number of halogens is 2. The smallest absolute Gasteiger partial charge is 0.124 e. The van der Waals surface area contributed by atoms with E-state index in [9.17, 15) is 0 Å². The Labute approximate surface area is 128 Å². The van der Waals surface area contributed by atoms with Crippen LogP contribution in [0.2, 0.25) is 5.02 Å². The van der Waals surface area contributed by atoms with Gasteiger partial charge in [0.2, 0.25) is 0 Å². The molecule has 1 saturated carbocycles. The number of methoxy groups -OCH3 is 1. The molecule has 0 N–H and O–H groups in total. The summed E-state index contributed by atoms with van der Waals surface area (Å²) in [6.07, 6.45) is 3.56. The van der Waals surface area contributed by atoms with Gasteiger partial charge in [-0.15, -0.1) is 11.6 Å². The van der Waals surface area contributed by atoms with Crippen molar-refractivity contribution in [2.75, 3.05) is 13.7 Å². The van der Waals surface area contributed by atoms with E-state index in [0.717, 1.165) is 41.5 Å². The number of fused-ring (bicyclic) bond motifs is 1. The Morgan fingerprint density at radius 2 is 2.20 bits per heavy atom. The highest BCUT2D eigenvalue weighted by molar-refractivity contribution is 6.35. The molecular formula is C15H18Cl2N2O. The van der Waals surface area contributed by atoms with E-state index in [-0.39, 0.29) is 0 Å². The molecular weight excluding hydrogens is 295 g/mol. The maximum absolute atomic E-state index is 6.36. The van der Waals surface area contributed by atoms with E-state index in [2.05, 4.69) is 9.55 Å². The predicted molar refractivity (Wildman–Crippen MR) is 82.5 cm³/mol. The largest absolute Gasteiger partial charge is 0.385 e. The fraction of sp³-hybridized carbons (Fsp3) is 0.533. The van der Waals surface area contributed by atoms with Crippen molar-refractivity contribution in [2.45, 2.75) is 31.7 Å². The van der Waals surface area contributed by atoms with Crippen molar-refractivity contribution < 1.29 is 4.74 Å². The van der Waals surface area contributed by atoms with Crippen LogP contribution in [0, 0.1) is 5.41 Å². The second-order valence-electron chi connectivity index (χ2n) is 5.60. The summed E-state index contributed by atoms with van der Waals surface area (Å²) in [4.78, 5) is 4.60. The third-order valence-electron chi connectivity index (χ3n) is 4.20. The van der Waals surface area contributed by atoms with Gasteiger partial charge in [0, 0.05) is 20.3 Å². The minimum atomic E-state index is 0.337. The number of aromatic nitrogens is 2. The van der Waals surface area contributed by atoms with Gasteiger partial charge in [-0.2, -0.15) is 0 Å². The summed E-state index contributed by atoms with van der Waals surface area (Å²) in [5.74, 6) is 1.31. The zero-order valence-corrected chi connectivity index (χ0v) is 13.0. The van der Waals surface area contributed by atoms with Crippen LogP contribution in [0.5, 0.6) is 0 Å². The molecule has 0 atom stereocenters. The lowest BCUT2D eigenvalue weighted by atomic mass is 10.0. The Morgan fingerprint density at radius 1 is 1.40 bits per heavy atom. The Kier molecular flexibility index (Phi) is 3.93. The zero-order valence-electron chi connectivity index (χ0n) is 11.5. The molecule has 1 aromatic heterocycles. The summed E-state index contributed by atoms with van der Waals surface area (Å²) in [6.45, 7) is 1.73. The van der Waals surface area contributed by atoms with Gasteiger partial charge in [-0.25, -0.2) is 4.98 Å². The van der Waals surface area contributed by atoms with E-state index >= 15 is 0 Å². The Hall–Kier alpha value is -0.770. The molecule has 0 amide bonds. The number of hydrogen-bond donors (Lipinski definition) is 0. The molecule has 1 aliphatic rings. The first kappa shape index (κ1) is 14.2. The molecule has 0 radical (unpaired) electrons. The summed E-state index contributed by atoms with van der Waals surface area (Å²) in [7, 11) is 1.75. The molecule has 0 unspecified atom stereocenters. The van der Waals surface area contributed by atoms with E-state index in [1.165, 1.54) is 12.8 Å². The number of benzene rings is 1. The highest BCUT2D eigenvalue weighted by Crippen LogP contribution is 2.51. The van der Waals surface area contributed by atoms with E-state index < -0.39 is 0 Å². The van der Waals surface area contributed by atoms with Gasteiger partial charge in [0.25, 0.3) is 0 Å². The first-order chi connectivity index (χ1) is 9.69. The maximum atomic E-state index is 6.36. The molecule has 5 heteroatoms. The predicted octanol–water partition coefficient (Wildman–Crippen LogP) is 4.25. The molecule has 3 nitrogen and oxygen atoms in total. The molecule has 1 aliphatic carbocycles. The van der Waals surface area contributed by atoms with Crippen LogP contribution in [-0.2, 0) is 17.2 Å². The van der Waals surface area contributed by atoms with Crippen LogP contribution < -0.4 is 0 Å². The van der Waals surface area contributed by atoms with Gasteiger partial charge < -0.3 is 9.30 Å². The van der Waals surface area contributed by atoms with Crippen LogP contribution in [0.15, 0.2) is 18.2 Å². The number of ether oxygens (including phenoxy) is 1. The minimum absolute atomic E-state index is 0.337. The van der Waals surface area contributed by atoms with Crippen LogP contribution in [0.25, 0.3) is 11.0 Å². The fourth-order valence-corrected chi connectivity index (χ4v) is 3.26. The maximum Gasteiger partial charge on any atom is 0.124 e. The van der Waals surface area contributed by atoms with Gasteiger partial charge in [0.15, 0.2) is 0 Å². The van der Waals surface area contributed by atoms with Crippen molar-refractivity contribution in [1.29, 1.82) is 0 Å².